The van der Waals surface area contributed by atoms with E-state index in [0.29, 0.717) is 11.5 Å². The lowest BCUT2D eigenvalue weighted by Gasteiger charge is -2.35. The van der Waals surface area contributed by atoms with E-state index in [2.05, 4.69) is 5.16 Å². The fraction of sp³-hybridized carbons (Fsp3) is 0.421. The van der Waals surface area contributed by atoms with Crippen LogP contribution < -0.4 is 0 Å². The maximum absolute atomic E-state index is 13.0. The predicted molar refractivity (Wildman–Crippen MR) is 91.5 cm³/mol. The van der Waals surface area contributed by atoms with Crippen LogP contribution in [0.4, 0.5) is 4.79 Å². The van der Waals surface area contributed by atoms with Gasteiger partial charge in [-0.3, -0.25) is 9.69 Å². The van der Waals surface area contributed by atoms with Gasteiger partial charge in [0.2, 0.25) is 0 Å². The highest BCUT2D eigenvalue weighted by Crippen LogP contribution is 2.40. The standard InChI is InChI=1S/C19H21N3O3/c1-21-18(24)22(17(23)19(21)10-6-3-7-11-19)13-15-12-16(25-20-15)14-8-4-2-5-9-14/h2,4-5,8-9,12H,3,6-7,10-11,13H2,1H3. The Bertz CT molecular complexity index is 793. The first kappa shape index (κ1) is 15.9. The minimum absolute atomic E-state index is 0.0936. The lowest BCUT2D eigenvalue weighted by Crippen LogP contribution is -2.49. The molecule has 130 valence electrons. The molecule has 3 amide bonds. The number of amides is 3. The summed E-state index contributed by atoms with van der Waals surface area (Å²) in [6, 6.07) is 11.2. The van der Waals surface area contributed by atoms with Gasteiger partial charge in [0.15, 0.2) is 5.76 Å². The van der Waals surface area contributed by atoms with E-state index < -0.39 is 5.54 Å². The predicted octanol–water partition coefficient (Wildman–Crippen LogP) is 3.44. The molecule has 1 aromatic heterocycles. The maximum Gasteiger partial charge on any atom is 0.327 e. The fourth-order valence-corrected chi connectivity index (χ4v) is 3.96. The normalized spacial score (nSPS) is 19.9. The van der Waals surface area contributed by atoms with Gasteiger partial charge in [0.25, 0.3) is 5.91 Å². The zero-order valence-electron chi connectivity index (χ0n) is 14.3. The summed E-state index contributed by atoms with van der Waals surface area (Å²) in [5.74, 6) is 0.541. The summed E-state index contributed by atoms with van der Waals surface area (Å²) < 4.78 is 5.38. The van der Waals surface area contributed by atoms with Crippen molar-refractivity contribution in [3.63, 3.8) is 0 Å². The molecule has 1 spiro atoms. The largest absolute Gasteiger partial charge is 0.356 e. The van der Waals surface area contributed by atoms with Gasteiger partial charge in [-0.15, -0.1) is 0 Å². The highest BCUT2D eigenvalue weighted by atomic mass is 16.5. The van der Waals surface area contributed by atoms with Gasteiger partial charge in [-0.2, -0.15) is 0 Å². The molecule has 2 fully saturated rings. The molecule has 1 aromatic carbocycles. The van der Waals surface area contributed by atoms with Gasteiger partial charge >= 0.3 is 6.03 Å². The Morgan fingerprint density at radius 1 is 1.12 bits per heavy atom. The molecule has 0 N–H and O–H groups in total. The summed E-state index contributed by atoms with van der Waals surface area (Å²) in [6.07, 6.45) is 4.59. The Kier molecular flexibility index (Phi) is 3.82. The Morgan fingerprint density at radius 2 is 1.84 bits per heavy atom. The van der Waals surface area contributed by atoms with Crippen molar-refractivity contribution in [1.29, 1.82) is 0 Å². The van der Waals surface area contributed by atoms with E-state index in [9.17, 15) is 9.59 Å². The second kappa shape index (κ2) is 6.02. The minimum Gasteiger partial charge on any atom is -0.356 e. The first-order valence-electron chi connectivity index (χ1n) is 8.73. The van der Waals surface area contributed by atoms with Gasteiger partial charge in [-0.1, -0.05) is 54.8 Å². The van der Waals surface area contributed by atoms with Crippen molar-refractivity contribution in [2.45, 2.75) is 44.2 Å². The summed E-state index contributed by atoms with van der Waals surface area (Å²) in [5.41, 5.74) is 0.851. The van der Waals surface area contributed by atoms with Crippen LogP contribution in [0.25, 0.3) is 11.3 Å². The van der Waals surface area contributed by atoms with E-state index in [-0.39, 0.29) is 18.5 Å². The van der Waals surface area contributed by atoms with Crippen LogP contribution in [0.15, 0.2) is 40.9 Å². The molecule has 1 saturated heterocycles. The molecular weight excluding hydrogens is 318 g/mol. The molecule has 4 rings (SSSR count). The number of carbonyl (C=O) groups excluding carboxylic acids is 2. The van der Waals surface area contributed by atoms with E-state index in [0.717, 1.165) is 37.7 Å². The molecule has 1 saturated carbocycles. The third-order valence-electron chi connectivity index (χ3n) is 5.42. The number of imide groups is 1. The first-order valence-corrected chi connectivity index (χ1v) is 8.73. The smallest absolute Gasteiger partial charge is 0.327 e. The molecule has 6 nitrogen and oxygen atoms in total. The van der Waals surface area contributed by atoms with E-state index in [4.69, 9.17) is 4.52 Å². The van der Waals surface area contributed by atoms with Crippen LogP contribution in [-0.2, 0) is 11.3 Å². The lowest BCUT2D eigenvalue weighted by molar-refractivity contribution is -0.134. The molecule has 25 heavy (non-hydrogen) atoms. The van der Waals surface area contributed by atoms with Gasteiger partial charge in [-0.25, -0.2) is 4.79 Å². The number of likely N-dealkylation sites (N-methyl/N-ethyl adjacent to an activating group) is 1. The number of hydrogen-bond donors (Lipinski definition) is 0. The highest BCUT2D eigenvalue weighted by Gasteiger charge is 2.55. The second-order valence-corrected chi connectivity index (χ2v) is 6.87. The zero-order valence-corrected chi connectivity index (χ0v) is 14.3. The number of benzene rings is 1. The molecule has 6 heteroatoms. The van der Waals surface area contributed by atoms with Crippen molar-refractivity contribution < 1.29 is 14.1 Å². The molecule has 0 radical (unpaired) electrons. The van der Waals surface area contributed by atoms with E-state index in [1.54, 1.807) is 18.0 Å². The van der Waals surface area contributed by atoms with Crippen LogP contribution in [0, 0.1) is 0 Å². The second-order valence-electron chi connectivity index (χ2n) is 6.87. The van der Waals surface area contributed by atoms with E-state index in [1.165, 1.54) is 4.90 Å². The molecule has 1 aliphatic heterocycles. The molecule has 1 aliphatic carbocycles. The average molecular weight is 339 g/mol. The van der Waals surface area contributed by atoms with Crippen LogP contribution in [0.5, 0.6) is 0 Å². The lowest BCUT2D eigenvalue weighted by atomic mass is 9.81. The Morgan fingerprint density at radius 3 is 2.56 bits per heavy atom. The Labute approximate surface area is 146 Å². The van der Waals surface area contributed by atoms with Crippen molar-refractivity contribution in [2.24, 2.45) is 0 Å². The molecule has 2 aromatic rings. The van der Waals surface area contributed by atoms with Crippen LogP contribution >= 0.6 is 0 Å². The number of carbonyl (C=O) groups is 2. The number of nitrogens with zero attached hydrogens (tertiary/aromatic N) is 3. The molecule has 2 heterocycles. The van der Waals surface area contributed by atoms with Gasteiger partial charge in [0.1, 0.15) is 11.2 Å². The molecule has 0 unspecified atom stereocenters. The van der Waals surface area contributed by atoms with Crippen molar-refractivity contribution in [2.75, 3.05) is 7.05 Å². The summed E-state index contributed by atoms with van der Waals surface area (Å²) in [4.78, 5) is 28.6. The Hall–Kier alpha value is -2.63. The van der Waals surface area contributed by atoms with Gasteiger partial charge < -0.3 is 9.42 Å². The summed E-state index contributed by atoms with van der Waals surface area (Å²) in [7, 11) is 1.74. The van der Waals surface area contributed by atoms with Gasteiger partial charge in [-0.05, 0) is 12.8 Å². The third-order valence-corrected chi connectivity index (χ3v) is 5.42. The fourth-order valence-electron chi connectivity index (χ4n) is 3.96. The van der Waals surface area contributed by atoms with Gasteiger partial charge in [0, 0.05) is 18.7 Å². The number of rotatable bonds is 3. The molecular formula is C19H21N3O3. The quantitative estimate of drug-likeness (QED) is 0.804. The molecule has 0 bridgehead atoms. The van der Waals surface area contributed by atoms with Crippen LogP contribution in [0.2, 0.25) is 0 Å². The van der Waals surface area contributed by atoms with Crippen LogP contribution in [0.3, 0.4) is 0 Å². The van der Waals surface area contributed by atoms with Crippen molar-refractivity contribution in [3.8, 4) is 11.3 Å². The monoisotopic (exact) mass is 339 g/mol. The topological polar surface area (TPSA) is 66.7 Å². The van der Waals surface area contributed by atoms with Gasteiger partial charge in [0.05, 0.1) is 6.54 Å². The SMILES string of the molecule is CN1C(=O)N(Cc2cc(-c3ccccc3)on2)C(=O)C12CCCCC2. The van der Waals surface area contributed by atoms with Crippen molar-refractivity contribution in [1.82, 2.24) is 15.0 Å². The van der Waals surface area contributed by atoms with Crippen molar-refractivity contribution >= 4 is 11.9 Å². The Balaban J connectivity index is 1.56. The third kappa shape index (κ3) is 2.52. The highest BCUT2D eigenvalue weighted by molar-refractivity contribution is 6.06. The number of urea groups is 1. The number of hydrogen-bond acceptors (Lipinski definition) is 4. The molecule has 2 aliphatic rings. The van der Waals surface area contributed by atoms with Crippen LogP contribution in [0.1, 0.15) is 37.8 Å². The van der Waals surface area contributed by atoms with Crippen LogP contribution in [-0.4, -0.2) is 39.5 Å². The zero-order chi connectivity index (χ0) is 17.4. The summed E-state index contributed by atoms with van der Waals surface area (Å²) in [5, 5.41) is 4.04. The van der Waals surface area contributed by atoms with Crippen molar-refractivity contribution in [3.05, 3.63) is 42.1 Å². The maximum atomic E-state index is 13.0. The molecule has 0 atom stereocenters. The number of aromatic nitrogens is 1. The average Bonchev–Trinajstić information content (AvgIpc) is 3.19. The minimum atomic E-state index is -0.651. The summed E-state index contributed by atoms with van der Waals surface area (Å²) in [6.45, 7) is 0.153. The van der Waals surface area contributed by atoms with E-state index >= 15 is 0 Å². The first-order chi connectivity index (χ1) is 12.1. The summed E-state index contributed by atoms with van der Waals surface area (Å²) >= 11 is 0. The van der Waals surface area contributed by atoms with E-state index in [1.807, 2.05) is 30.3 Å².